The van der Waals surface area contributed by atoms with E-state index in [2.05, 4.69) is 59.3 Å². The Morgan fingerprint density at radius 3 is 2.59 bits per heavy atom. The largest absolute Gasteiger partial charge is 0.481 e. The Bertz CT molecular complexity index is 1360. The highest BCUT2D eigenvalue weighted by Gasteiger charge is 2.56. The minimum absolute atomic E-state index is 0.0544. The second-order valence-corrected chi connectivity index (χ2v) is 12.8. The number of nitrogens with zero attached hydrogens (tertiary/aromatic N) is 1. The number of amides is 1. The Kier molecular flexibility index (Phi) is 8.92. The van der Waals surface area contributed by atoms with E-state index in [9.17, 15) is 27.9 Å². The molecule has 0 aromatic heterocycles. The zero-order chi connectivity index (χ0) is 30.2. The summed E-state index contributed by atoms with van der Waals surface area (Å²) < 4.78 is 39.8. The molecule has 1 fully saturated rings. The number of rotatable bonds is 8. The Balaban J connectivity index is 1.50. The van der Waals surface area contributed by atoms with Gasteiger partial charge in [0.15, 0.2) is 0 Å². The molecule has 2 aliphatic rings. The first kappa shape index (κ1) is 31.1. The molecule has 2 aliphatic carbocycles. The van der Waals surface area contributed by atoms with E-state index >= 15 is 0 Å². The van der Waals surface area contributed by atoms with Crippen LogP contribution in [0, 0.1) is 11.3 Å². The van der Waals surface area contributed by atoms with Gasteiger partial charge in [0.2, 0.25) is 5.91 Å². The summed E-state index contributed by atoms with van der Waals surface area (Å²) in [4.78, 5) is 30.4. The van der Waals surface area contributed by atoms with Crippen LogP contribution in [0.1, 0.15) is 87.1 Å². The normalized spacial score (nSPS) is 25.0. The average Bonchev–Trinajstić information content (AvgIpc) is 2.88. The third kappa shape index (κ3) is 6.32. The summed E-state index contributed by atoms with van der Waals surface area (Å²) in [7, 11) is 0. The van der Waals surface area contributed by atoms with Gasteiger partial charge in [-0.1, -0.05) is 66.5 Å². The number of carboxylic acids is 1. The molecule has 6 nitrogen and oxygen atoms in total. The number of oxime groups is 1. The van der Waals surface area contributed by atoms with Crippen LogP contribution >= 0.6 is 15.9 Å². The highest BCUT2D eigenvalue weighted by atomic mass is 79.9. The van der Waals surface area contributed by atoms with E-state index in [-0.39, 0.29) is 42.4 Å². The molecule has 0 aliphatic heterocycles. The average molecular weight is 638 g/mol. The lowest BCUT2D eigenvalue weighted by molar-refractivity contribution is -0.156. The molecule has 0 unspecified atom stereocenters. The van der Waals surface area contributed by atoms with Gasteiger partial charge in [0.1, 0.15) is 6.61 Å². The van der Waals surface area contributed by atoms with Gasteiger partial charge in [-0.05, 0) is 78.3 Å². The summed E-state index contributed by atoms with van der Waals surface area (Å²) in [6, 6.07) is 8.94. The van der Waals surface area contributed by atoms with Crippen molar-refractivity contribution in [1.29, 1.82) is 0 Å². The fourth-order valence-corrected chi connectivity index (χ4v) is 7.30. The zero-order valence-corrected chi connectivity index (χ0v) is 25.3. The minimum atomic E-state index is -4.47. The number of fused-ring (bicyclic) bond motifs is 3. The number of hydrogen-bond donors (Lipinski definition) is 2. The molecule has 4 rings (SSSR count). The van der Waals surface area contributed by atoms with Crippen molar-refractivity contribution in [2.75, 3.05) is 13.2 Å². The molecule has 2 aromatic rings. The van der Waals surface area contributed by atoms with Crippen LogP contribution in [-0.2, 0) is 32.4 Å². The first-order chi connectivity index (χ1) is 19.2. The Morgan fingerprint density at radius 2 is 1.93 bits per heavy atom. The van der Waals surface area contributed by atoms with Gasteiger partial charge in [0.05, 0.1) is 29.7 Å². The van der Waals surface area contributed by atoms with E-state index in [1.54, 1.807) is 0 Å². The molecule has 222 valence electrons. The molecule has 41 heavy (non-hydrogen) atoms. The molecule has 2 aromatic carbocycles. The number of carbonyl (C=O) groups excluding carboxylic acids is 1. The van der Waals surface area contributed by atoms with Crippen LogP contribution in [0.3, 0.4) is 0 Å². The predicted molar refractivity (Wildman–Crippen MR) is 154 cm³/mol. The number of alkyl halides is 3. The second-order valence-electron chi connectivity index (χ2n) is 11.9. The third-order valence-corrected chi connectivity index (χ3v) is 9.50. The standard InChI is InChI=1S/C31H36BrF3N2O4/c1-18(2)21-15-22-23(16-24(21)32)29(3)9-6-10-30(4,28(39)40)26(29)17-25(22)37-41-12-11-36-27(38)14-19-7-5-8-20(13-19)31(33,34)35/h5,7-8,13,15-16,18,26H,6,9-12,14,17H2,1-4H3,(H,36,38)(H,39,40)/b37-25+/t26-,29-,30-/m1/s1. The van der Waals surface area contributed by atoms with Gasteiger partial charge in [0, 0.05) is 10.0 Å². The van der Waals surface area contributed by atoms with Crippen molar-refractivity contribution in [1.82, 2.24) is 5.32 Å². The molecule has 1 amide bonds. The van der Waals surface area contributed by atoms with E-state index in [1.165, 1.54) is 12.1 Å². The Hall–Kier alpha value is -2.88. The van der Waals surface area contributed by atoms with Gasteiger partial charge >= 0.3 is 12.1 Å². The number of halogens is 4. The molecule has 0 saturated heterocycles. The van der Waals surface area contributed by atoms with Gasteiger partial charge in [-0.2, -0.15) is 13.2 Å². The monoisotopic (exact) mass is 636 g/mol. The summed E-state index contributed by atoms with van der Waals surface area (Å²) in [6.07, 6.45) is -1.91. The minimum Gasteiger partial charge on any atom is -0.481 e. The number of benzene rings is 2. The van der Waals surface area contributed by atoms with E-state index in [0.29, 0.717) is 18.6 Å². The van der Waals surface area contributed by atoms with Crippen molar-refractivity contribution in [3.8, 4) is 0 Å². The van der Waals surface area contributed by atoms with Crippen LogP contribution in [0.4, 0.5) is 13.2 Å². The smallest absolute Gasteiger partial charge is 0.416 e. The van der Waals surface area contributed by atoms with Crippen LogP contribution in [0.2, 0.25) is 0 Å². The fourth-order valence-electron chi connectivity index (χ4n) is 6.50. The molecular formula is C31H36BrF3N2O4. The van der Waals surface area contributed by atoms with Crippen molar-refractivity contribution < 1.29 is 32.7 Å². The van der Waals surface area contributed by atoms with Gasteiger partial charge < -0.3 is 15.3 Å². The van der Waals surface area contributed by atoms with Gasteiger partial charge in [-0.3, -0.25) is 9.59 Å². The SMILES string of the molecule is CC(C)c1cc2c(cc1Br)[C@@]1(C)CCC[C@@](C)(C(=O)O)[C@@H]1C/C2=N\OCCNC(=O)Cc1cccc(C(F)(F)F)c1. The lowest BCUT2D eigenvalue weighted by atomic mass is 9.49. The first-order valence-electron chi connectivity index (χ1n) is 13.9. The second kappa shape index (κ2) is 11.8. The molecule has 0 radical (unpaired) electrons. The molecule has 0 spiro atoms. The predicted octanol–water partition coefficient (Wildman–Crippen LogP) is 7.22. The van der Waals surface area contributed by atoms with Crippen molar-refractivity contribution in [3.63, 3.8) is 0 Å². The van der Waals surface area contributed by atoms with Crippen LogP contribution in [0.25, 0.3) is 0 Å². The van der Waals surface area contributed by atoms with Crippen LogP contribution in [0.5, 0.6) is 0 Å². The van der Waals surface area contributed by atoms with E-state index < -0.39 is 29.0 Å². The summed E-state index contributed by atoms with van der Waals surface area (Å²) in [5, 5.41) is 17.4. The molecule has 2 N–H and O–H groups in total. The quantitative estimate of drug-likeness (QED) is 0.236. The summed E-state index contributed by atoms with van der Waals surface area (Å²) in [5.41, 5.74) is 2.05. The molecule has 10 heteroatoms. The van der Waals surface area contributed by atoms with Crippen LogP contribution in [0.15, 0.2) is 46.0 Å². The summed E-state index contributed by atoms with van der Waals surface area (Å²) in [6.45, 7) is 8.38. The van der Waals surface area contributed by atoms with E-state index in [1.807, 2.05) is 6.92 Å². The maximum atomic E-state index is 13.0. The fraction of sp³-hybridized carbons (Fsp3) is 0.516. The van der Waals surface area contributed by atoms with E-state index in [4.69, 9.17) is 4.84 Å². The maximum absolute atomic E-state index is 13.0. The molecule has 0 bridgehead atoms. The lowest BCUT2D eigenvalue weighted by Crippen LogP contribution is -2.53. The van der Waals surface area contributed by atoms with Crippen molar-refractivity contribution in [2.24, 2.45) is 16.5 Å². The zero-order valence-electron chi connectivity index (χ0n) is 23.7. The molecular weight excluding hydrogens is 601 g/mol. The third-order valence-electron chi connectivity index (χ3n) is 8.81. The Labute approximate surface area is 246 Å². The lowest BCUT2D eigenvalue weighted by Gasteiger charge is -2.53. The van der Waals surface area contributed by atoms with E-state index in [0.717, 1.165) is 46.1 Å². The van der Waals surface area contributed by atoms with Crippen molar-refractivity contribution >= 4 is 33.5 Å². The van der Waals surface area contributed by atoms with Gasteiger partial charge in [-0.25, -0.2) is 0 Å². The number of hydrogen-bond acceptors (Lipinski definition) is 4. The molecule has 1 saturated carbocycles. The topological polar surface area (TPSA) is 88.0 Å². The van der Waals surface area contributed by atoms with Crippen LogP contribution in [-0.4, -0.2) is 35.8 Å². The van der Waals surface area contributed by atoms with Crippen molar-refractivity contribution in [3.05, 3.63) is 68.7 Å². The number of aliphatic carboxylic acids is 1. The highest BCUT2D eigenvalue weighted by molar-refractivity contribution is 9.10. The molecule has 3 atom stereocenters. The van der Waals surface area contributed by atoms with Gasteiger partial charge in [0.25, 0.3) is 0 Å². The van der Waals surface area contributed by atoms with Crippen molar-refractivity contribution in [2.45, 2.75) is 77.3 Å². The summed E-state index contributed by atoms with van der Waals surface area (Å²) >= 11 is 3.73. The first-order valence-corrected chi connectivity index (χ1v) is 14.7. The maximum Gasteiger partial charge on any atom is 0.416 e. The molecule has 0 heterocycles. The van der Waals surface area contributed by atoms with Crippen LogP contribution < -0.4 is 5.32 Å². The summed E-state index contributed by atoms with van der Waals surface area (Å²) in [5.74, 6) is -1.16. The Morgan fingerprint density at radius 1 is 1.20 bits per heavy atom. The van der Waals surface area contributed by atoms with Gasteiger partial charge in [-0.15, -0.1) is 0 Å². The number of carboxylic acid groups (broad SMARTS) is 1. The highest BCUT2D eigenvalue weighted by Crippen LogP contribution is 2.58. The number of nitrogens with one attached hydrogen (secondary N) is 1. The number of carbonyl (C=O) groups is 2.